The van der Waals surface area contributed by atoms with Gasteiger partial charge in [-0.15, -0.1) is 18.7 Å². The fourth-order valence-corrected chi connectivity index (χ4v) is 7.20. The highest BCUT2D eigenvalue weighted by atomic mass is 32.2. The van der Waals surface area contributed by atoms with Crippen LogP contribution in [0.2, 0.25) is 0 Å². The van der Waals surface area contributed by atoms with Crippen LogP contribution in [0, 0.1) is 0 Å². The van der Waals surface area contributed by atoms with Gasteiger partial charge in [-0.2, -0.15) is 16.8 Å². The van der Waals surface area contributed by atoms with Crippen molar-refractivity contribution in [2.45, 2.75) is 90.9 Å². The van der Waals surface area contributed by atoms with Gasteiger partial charge in [-0.3, -0.25) is 19.2 Å². The number of hydroxylamine groups is 4. The maximum absolute atomic E-state index is 13.0. The molecule has 0 atom stereocenters. The van der Waals surface area contributed by atoms with Crippen molar-refractivity contribution >= 4 is 43.9 Å². The van der Waals surface area contributed by atoms with Gasteiger partial charge in [0.2, 0.25) is 0 Å². The van der Waals surface area contributed by atoms with Crippen LogP contribution in [0.5, 0.6) is 11.5 Å². The zero-order valence-corrected chi connectivity index (χ0v) is 28.2. The van der Waals surface area contributed by atoms with Gasteiger partial charge >= 0.3 is 0 Å². The van der Waals surface area contributed by atoms with Gasteiger partial charge in [-0.1, -0.05) is 78.1 Å². The Morgan fingerprint density at radius 1 is 0.489 bits per heavy atom. The average Bonchev–Trinajstić information content (AvgIpc) is 3.39. The monoisotopic (exact) mass is 692 g/mol. The number of hydrogen-bond donors (Lipinski definition) is 0. The van der Waals surface area contributed by atoms with Gasteiger partial charge in [0, 0.05) is 0 Å². The van der Waals surface area contributed by atoms with E-state index in [4.69, 9.17) is 13.3 Å². The van der Waals surface area contributed by atoms with Crippen molar-refractivity contribution in [1.82, 2.24) is 10.1 Å². The van der Waals surface area contributed by atoms with Crippen LogP contribution in [0.4, 0.5) is 0 Å². The van der Waals surface area contributed by atoms with E-state index >= 15 is 0 Å². The Hall–Kier alpha value is -3.66. The Morgan fingerprint density at radius 2 is 0.830 bits per heavy atom. The average molecular weight is 693 g/mol. The third kappa shape index (κ3) is 9.24. The molecule has 256 valence electrons. The Balaban J connectivity index is 1.37. The zero-order valence-electron chi connectivity index (χ0n) is 26.6. The van der Waals surface area contributed by atoms with E-state index in [0.29, 0.717) is 25.7 Å². The van der Waals surface area contributed by atoms with Crippen molar-refractivity contribution < 1.29 is 49.3 Å². The molecule has 0 aliphatic carbocycles. The first-order valence-corrected chi connectivity index (χ1v) is 19.1. The first-order chi connectivity index (χ1) is 22.4. The Labute approximate surface area is 275 Å². The summed E-state index contributed by atoms with van der Waals surface area (Å²) < 4.78 is 65.4. The molecule has 13 nitrogen and oxygen atoms in total. The largest absolute Gasteiger partial charge is 0.457 e. The van der Waals surface area contributed by atoms with Crippen LogP contribution < -0.4 is 4.74 Å². The molecule has 0 aromatic heterocycles. The number of carbonyl (C=O) groups excluding carboxylic acids is 4. The van der Waals surface area contributed by atoms with Crippen molar-refractivity contribution in [2.75, 3.05) is 11.5 Å². The topological polar surface area (TPSA) is 171 Å². The SMILES string of the molecule is CCCCCCCCS(=O)(=O)ON1C(=O)c2ccc(Oc3ccc4c(c3)C(=O)N(OS(=O)(=O)CCCCCCCC)C4=O)cc2C1=O. The van der Waals surface area contributed by atoms with Gasteiger partial charge in [0.25, 0.3) is 43.9 Å². The first kappa shape index (κ1) is 36.2. The number of benzene rings is 2. The summed E-state index contributed by atoms with van der Waals surface area (Å²) in [6.07, 6.45) is 10.0. The fraction of sp³-hybridized carbons (Fsp3) is 0.500. The molecular formula is C32H40N2O11S2. The molecule has 0 radical (unpaired) electrons. The molecule has 0 saturated carbocycles. The number of rotatable bonds is 20. The molecular weight excluding hydrogens is 652 g/mol. The second kappa shape index (κ2) is 16.0. The van der Waals surface area contributed by atoms with Crippen molar-refractivity contribution in [3.05, 3.63) is 58.7 Å². The smallest absolute Gasteiger partial charge is 0.288 e. The number of carbonyl (C=O) groups is 4. The van der Waals surface area contributed by atoms with E-state index < -0.39 is 43.9 Å². The summed E-state index contributed by atoms with van der Waals surface area (Å²) in [5.41, 5.74) is -0.460. The lowest BCUT2D eigenvalue weighted by Gasteiger charge is -2.12. The maximum atomic E-state index is 13.0. The number of unbranched alkanes of at least 4 members (excludes halogenated alkanes) is 10. The van der Waals surface area contributed by atoms with E-state index in [1.54, 1.807) is 0 Å². The van der Waals surface area contributed by atoms with Crippen LogP contribution in [0.15, 0.2) is 36.4 Å². The molecule has 2 heterocycles. The lowest BCUT2D eigenvalue weighted by Crippen LogP contribution is -2.33. The number of ether oxygens (including phenoxy) is 1. The summed E-state index contributed by atoms with van der Waals surface area (Å²) >= 11 is 0. The van der Waals surface area contributed by atoms with Crippen LogP contribution in [0.1, 0.15) is 132 Å². The van der Waals surface area contributed by atoms with Crippen molar-refractivity contribution in [1.29, 1.82) is 0 Å². The molecule has 2 aromatic carbocycles. The zero-order chi connectivity index (χ0) is 34.2. The molecule has 2 aliphatic heterocycles. The fourth-order valence-electron chi connectivity index (χ4n) is 5.21. The van der Waals surface area contributed by atoms with E-state index in [9.17, 15) is 36.0 Å². The minimum atomic E-state index is -4.20. The van der Waals surface area contributed by atoms with E-state index in [0.717, 1.165) is 51.4 Å². The number of imide groups is 2. The summed E-state index contributed by atoms with van der Waals surface area (Å²) in [4.78, 5) is 51.5. The molecule has 15 heteroatoms. The van der Waals surface area contributed by atoms with E-state index in [2.05, 4.69) is 13.8 Å². The Morgan fingerprint density at radius 3 is 1.21 bits per heavy atom. The normalized spacial score (nSPS) is 14.7. The van der Waals surface area contributed by atoms with Crippen molar-refractivity contribution in [2.24, 2.45) is 0 Å². The van der Waals surface area contributed by atoms with Crippen LogP contribution in [-0.4, -0.2) is 62.1 Å². The molecule has 0 bridgehead atoms. The van der Waals surface area contributed by atoms with Crippen LogP contribution in [0.25, 0.3) is 0 Å². The standard InChI is InChI=1S/C32H40N2O11S2/c1-3-5-7-9-11-13-19-46(39,40)44-33-29(35)25-17-15-23(21-27(25)31(33)37)43-24-16-18-26-28(22-24)32(38)34(30(26)36)45-47(41,42)20-14-12-10-8-6-4-2/h15-18,21-22H,3-14,19-20H2,1-2H3. The molecule has 4 rings (SSSR count). The molecule has 2 aromatic rings. The van der Waals surface area contributed by atoms with E-state index in [1.807, 2.05) is 0 Å². The molecule has 0 unspecified atom stereocenters. The molecule has 4 amide bonds. The summed E-state index contributed by atoms with van der Waals surface area (Å²) in [5.74, 6) is -4.38. The van der Waals surface area contributed by atoms with Gasteiger partial charge in [-0.05, 0) is 49.2 Å². The molecule has 0 saturated heterocycles. The number of nitrogens with zero attached hydrogens (tertiary/aromatic N) is 2. The number of fused-ring (bicyclic) bond motifs is 2. The number of amides is 4. The molecule has 47 heavy (non-hydrogen) atoms. The summed E-state index contributed by atoms with van der Waals surface area (Å²) in [5, 5.41) is 0.436. The summed E-state index contributed by atoms with van der Waals surface area (Å²) in [6.45, 7) is 4.15. The van der Waals surface area contributed by atoms with Gasteiger partial charge in [0.1, 0.15) is 11.5 Å². The van der Waals surface area contributed by atoms with Crippen LogP contribution in [-0.2, 0) is 28.8 Å². The van der Waals surface area contributed by atoms with Gasteiger partial charge in [0.15, 0.2) is 0 Å². The highest BCUT2D eigenvalue weighted by molar-refractivity contribution is 7.86. The predicted octanol–water partition coefficient (Wildman–Crippen LogP) is 5.91. The van der Waals surface area contributed by atoms with Gasteiger partial charge in [-0.25, -0.2) is 0 Å². The third-order valence-electron chi connectivity index (χ3n) is 7.75. The Bertz CT molecular complexity index is 1600. The lowest BCUT2D eigenvalue weighted by molar-refractivity contribution is -0.0107. The highest BCUT2D eigenvalue weighted by Crippen LogP contribution is 2.33. The number of hydrogen-bond acceptors (Lipinski definition) is 11. The summed E-state index contributed by atoms with van der Waals surface area (Å²) in [7, 11) is -8.40. The first-order valence-electron chi connectivity index (χ1n) is 16.0. The minimum absolute atomic E-state index is 0.0630. The third-order valence-corrected chi connectivity index (χ3v) is 10.1. The molecule has 2 aliphatic rings. The van der Waals surface area contributed by atoms with Crippen molar-refractivity contribution in [3.8, 4) is 11.5 Å². The highest BCUT2D eigenvalue weighted by Gasteiger charge is 2.41. The van der Waals surface area contributed by atoms with Crippen LogP contribution in [0.3, 0.4) is 0 Å². The molecule has 0 fully saturated rings. The van der Waals surface area contributed by atoms with Gasteiger partial charge in [0.05, 0.1) is 33.8 Å². The van der Waals surface area contributed by atoms with E-state index in [-0.39, 0.29) is 55.4 Å². The second-order valence-corrected chi connectivity index (χ2v) is 14.9. The Kier molecular flexibility index (Phi) is 12.3. The quantitative estimate of drug-likeness (QED) is 0.119. The second-order valence-electron chi connectivity index (χ2n) is 11.5. The predicted molar refractivity (Wildman–Crippen MR) is 170 cm³/mol. The van der Waals surface area contributed by atoms with Crippen molar-refractivity contribution in [3.63, 3.8) is 0 Å². The van der Waals surface area contributed by atoms with Crippen LogP contribution >= 0.6 is 0 Å². The molecule has 0 spiro atoms. The minimum Gasteiger partial charge on any atom is -0.457 e. The maximum Gasteiger partial charge on any atom is 0.288 e. The van der Waals surface area contributed by atoms with E-state index in [1.165, 1.54) is 36.4 Å². The van der Waals surface area contributed by atoms with Gasteiger partial charge < -0.3 is 4.74 Å². The summed E-state index contributed by atoms with van der Waals surface area (Å²) in [6, 6.07) is 7.74. The lowest BCUT2D eigenvalue weighted by atomic mass is 10.1. The molecule has 0 N–H and O–H groups in total.